The molecule has 3 aromatic rings. The summed E-state index contributed by atoms with van der Waals surface area (Å²) in [5.41, 5.74) is 3.39. The average Bonchev–Trinajstić information content (AvgIpc) is 2.75. The Hall–Kier alpha value is -3.12. The molecular weight excluding hydrogens is 338 g/mol. The quantitative estimate of drug-likeness (QED) is 0.699. The largest absolute Gasteiger partial charge is 0.378 e. The van der Waals surface area contributed by atoms with E-state index in [4.69, 9.17) is 4.74 Å². The van der Waals surface area contributed by atoms with Crippen molar-refractivity contribution in [2.45, 2.75) is 6.54 Å². The molecule has 0 unspecified atom stereocenters. The second-order valence-corrected chi connectivity index (χ2v) is 6.38. The summed E-state index contributed by atoms with van der Waals surface area (Å²) in [5, 5.41) is 6.60. The Morgan fingerprint density at radius 3 is 2.48 bits per heavy atom. The van der Waals surface area contributed by atoms with Crippen LogP contribution >= 0.6 is 0 Å². The van der Waals surface area contributed by atoms with Crippen molar-refractivity contribution in [1.29, 1.82) is 0 Å². The van der Waals surface area contributed by atoms with E-state index in [1.807, 2.05) is 24.3 Å². The average molecular weight is 361 g/mol. The molecule has 6 heteroatoms. The summed E-state index contributed by atoms with van der Waals surface area (Å²) in [6.45, 7) is 4.18. The van der Waals surface area contributed by atoms with Crippen LogP contribution in [0.4, 0.5) is 23.1 Å². The lowest BCUT2D eigenvalue weighted by atomic mass is 10.2. The van der Waals surface area contributed by atoms with E-state index in [-0.39, 0.29) is 0 Å². The van der Waals surface area contributed by atoms with Crippen LogP contribution in [-0.2, 0) is 11.3 Å². The molecule has 138 valence electrons. The van der Waals surface area contributed by atoms with Gasteiger partial charge in [0.05, 0.1) is 13.2 Å². The zero-order chi connectivity index (χ0) is 18.3. The van der Waals surface area contributed by atoms with Crippen LogP contribution in [0.1, 0.15) is 5.56 Å². The summed E-state index contributed by atoms with van der Waals surface area (Å²) in [6.07, 6.45) is 1.75. The lowest BCUT2D eigenvalue weighted by Gasteiger charge is -2.28. The molecule has 6 nitrogen and oxygen atoms in total. The molecule has 0 aliphatic carbocycles. The molecule has 1 aromatic heterocycles. The van der Waals surface area contributed by atoms with Gasteiger partial charge in [0.25, 0.3) is 0 Å². The highest BCUT2D eigenvalue weighted by atomic mass is 16.5. The first-order valence-electron chi connectivity index (χ1n) is 9.17. The molecule has 0 spiro atoms. The highest BCUT2D eigenvalue weighted by Crippen LogP contribution is 2.21. The molecule has 4 rings (SSSR count). The van der Waals surface area contributed by atoms with Gasteiger partial charge in [0.15, 0.2) is 0 Å². The standard InChI is InChI=1S/C21H23N5O/c1-2-4-17(5-3-1)16-23-20-10-11-22-21(25-20)24-18-6-8-19(9-7-18)26-12-14-27-15-13-26/h1-11H,12-16H2,(H2,22,23,24,25). The highest BCUT2D eigenvalue weighted by molar-refractivity contribution is 5.60. The lowest BCUT2D eigenvalue weighted by molar-refractivity contribution is 0.122. The van der Waals surface area contributed by atoms with Gasteiger partial charge in [0, 0.05) is 37.2 Å². The third kappa shape index (κ3) is 4.74. The molecule has 0 saturated carbocycles. The maximum atomic E-state index is 5.41. The molecule has 2 heterocycles. The van der Waals surface area contributed by atoms with Gasteiger partial charge in [-0.2, -0.15) is 4.98 Å². The Morgan fingerprint density at radius 2 is 1.70 bits per heavy atom. The van der Waals surface area contributed by atoms with Gasteiger partial charge in [-0.1, -0.05) is 30.3 Å². The molecule has 0 radical (unpaired) electrons. The van der Waals surface area contributed by atoms with Gasteiger partial charge in [0.2, 0.25) is 5.95 Å². The Morgan fingerprint density at radius 1 is 0.926 bits per heavy atom. The van der Waals surface area contributed by atoms with Crippen molar-refractivity contribution in [2.75, 3.05) is 41.8 Å². The number of nitrogens with zero attached hydrogens (tertiary/aromatic N) is 3. The molecule has 1 aliphatic rings. The SMILES string of the molecule is c1ccc(CNc2ccnc(Nc3ccc(N4CCOCC4)cc3)n2)cc1. The maximum Gasteiger partial charge on any atom is 0.229 e. The van der Waals surface area contributed by atoms with Crippen molar-refractivity contribution in [3.63, 3.8) is 0 Å². The van der Waals surface area contributed by atoms with Crippen LogP contribution in [-0.4, -0.2) is 36.3 Å². The normalized spacial score (nSPS) is 14.0. The fourth-order valence-corrected chi connectivity index (χ4v) is 3.01. The van der Waals surface area contributed by atoms with E-state index in [1.165, 1.54) is 11.3 Å². The second kappa shape index (κ2) is 8.51. The number of benzene rings is 2. The van der Waals surface area contributed by atoms with Crippen LogP contribution < -0.4 is 15.5 Å². The van der Waals surface area contributed by atoms with Crippen molar-refractivity contribution in [2.24, 2.45) is 0 Å². The Labute approximate surface area is 159 Å². The Bertz CT molecular complexity index is 848. The molecule has 1 fully saturated rings. The summed E-state index contributed by atoms with van der Waals surface area (Å²) in [6, 6.07) is 20.5. The molecule has 27 heavy (non-hydrogen) atoms. The molecule has 1 saturated heterocycles. The smallest absolute Gasteiger partial charge is 0.229 e. The molecule has 2 aromatic carbocycles. The van der Waals surface area contributed by atoms with Gasteiger partial charge >= 0.3 is 0 Å². The van der Waals surface area contributed by atoms with Crippen molar-refractivity contribution in [1.82, 2.24) is 9.97 Å². The first-order chi connectivity index (χ1) is 13.4. The van der Waals surface area contributed by atoms with Crippen LogP contribution in [0.5, 0.6) is 0 Å². The number of rotatable bonds is 6. The molecule has 0 amide bonds. The minimum Gasteiger partial charge on any atom is -0.378 e. The van der Waals surface area contributed by atoms with Crippen molar-refractivity contribution >= 4 is 23.1 Å². The molecule has 0 atom stereocenters. The van der Waals surface area contributed by atoms with Gasteiger partial charge in [-0.15, -0.1) is 0 Å². The number of nitrogens with one attached hydrogen (secondary N) is 2. The predicted octanol–water partition coefficient (Wildman–Crippen LogP) is 3.67. The van der Waals surface area contributed by atoms with Crippen molar-refractivity contribution in [3.8, 4) is 0 Å². The summed E-state index contributed by atoms with van der Waals surface area (Å²) >= 11 is 0. The lowest BCUT2D eigenvalue weighted by Crippen LogP contribution is -2.36. The summed E-state index contributed by atoms with van der Waals surface area (Å²) in [5.74, 6) is 1.37. The first-order valence-corrected chi connectivity index (χ1v) is 9.17. The van der Waals surface area contributed by atoms with Gasteiger partial charge in [-0.25, -0.2) is 4.98 Å². The number of anilines is 4. The minimum atomic E-state index is 0.576. The number of hydrogen-bond acceptors (Lipinski definition) is 6. The molecule has 2 N–H and O–H groups in total. The van der Waals surface area contributed by atoms with E-state index in [0.29, 0.717) is 5.95 Å². The summed E-state index contributed by atoms with van der Waals surface area (Å²) in [7, 11) is 0. The maximum absolute atomic E-state index is 5.41. The van der Waals surface area contributed by atoms with Crippen LogP contribution in [0.15, 0.2) is 66.9 Å². The summed E-state index contributed by atoms with van der Waals surface area (Å²) in [4.78, 5) is 11.2. The van der Waals surface area contributed by atoms with Crippen LogP contribution in [0.2, 0.25) is 0 Å². The minimum absolute atomic E-state index is 0.576. The van der Waals surface area contributed by atoms with E-state index >= 15 is 0 Å². The number of morpholine rings is 1. The number of ether oxygens (including phenoxy) is 1. The third-order valence-electron chi connectivity index (χ3n) is 4.47. The molecule has 1 aliphatic heterocycles. The molecule has 0 bridgehead atoms. The predicted molar refractivity (Wildman–Crippen MR) is 109 cm³/mol. The molecular formula is C21H23N5O. The van der Waals surface area contributed by atoms with Gasteiger partial charge in [-0.3, -0.25) is 0 Å². The van der Waals surface area contributed by atoms with Gasteiger partial charge in [0.1, 0.15) is 5.82 Å². The monoisotopic (exact) mass is 361 g/mol. The van der Waals surface area contributed by atoms with Gasteiger partial charge in [-0.05, 0) is 35.9 Å². The van der Waals surface area contributed by atoms with Crippen molar-refractivity contribution in [3.05, 3.63) is 72.4 Å². The van der Waals surface area contributed by atoms with E-state index in [2.05, 4.69) is 61.9 Å². The van der Waals surface area contributed by atoms with Crippen LogP contribution in [0, 0.1) is 0 Å². The first kappa shape index (κ1) is 17.3. The third-order valence-corrected chi connectivity index (χ3v) is 4.47. The number of aromatic nitrogens is 2. The van der Waals surface area contributed by atoms with E-state index in [1.54, 1.807) is 6.20 Å². The van der Waals surface area contributed by atoms with Crippen molar-refractivity contribution < 1.29 is 4.74 Å². The highest BCUT2D eigenvalue weighted by Gasteiger charge is 2.10. The summed E-state index contributed by atoms with van der Waals surface area (Å²) < 4.78 is 5.41. The number of hydrogen-bond donors (Lipinski definition) is 2. The Balaban J connectivity index is 1.37. The topological polar surface area (TPSA) is 62.3 Å². The Kier molecular flexibility index (Phi) is 5.45. The van der Waals surface area contributed by atoms with E-state index in [9.17, 15) is 0 Å². The second-order valence-electron chi connectivity index (χ2n) is 6.38. The van der Waals surface area contributed by atoms with Crippen LogP contribution in [0.3, 0.4) is 0 Å². The van der Waals surface area contributed by atoms with Crippen LogP contribution in [0.25, 0.3) is 0 Å². The fraction of sp³-hybridized carbons (Fsp3) is 0.238. The zero-order valence-electron chi connectivity index (χ0n) is 15.1. The zero-order valence-corrected chi connectivity index (χ0v) is 15.1. The van der Waals surface area contributed by atoms with Gasteiger partial charge < -0.3 is 20.3 Å². The van der Waals surface area contributed by atoms with E-state index in [0.717, 1.165) is 44.4 Å². The van der Waals surface area contributed by atoms with E-state index < -0.39 is 0 Å². The fourth-order valence-electron chi connectivity index (χ4n) is 3.01.